The van der Waals surface area contributed by atoms with Crippen LogP contribution in [0.5, 0.6) is 5.88 Å². The Labute approximate surface area is 113 Å². The molecule has 0 saturated carbocycles. The molecule has 0 radical (unpaired) electrons. The molecule has 0 atom stereocenters. The van der Waals surface area contributed by atoms with Crippen molar-refractivity contribution < 1.29 is 9.47 Å². The lowest BCUT2D eigenvalue weighted by Crippen LogP contribution is -2.22. The third-order valence-electron chi connectivity index (χ3n) is 3.15. The van der Waals surface area contributed by atoms with E-state index >= 15 is 0 Å². The van der Waals surface area contributed by atoms with Gasteiger partial charge in [0.2, 0.25) is 5.88 Å². The minimum atomic E-state index is 0.508. The molecular formula is C13H19ClN2O2. The van der Waals surface area contributed by atoms with Gasteiger partial charge in [0.05, 0.1) is 12.2 Å². The van der Waals surface area contributed by atoms with Gasteiger partial charge in [-0.3, -0.25) is 0 Å². The summed E-state index contributed by atoms with van der Waals surface area (Å²) < 4.78 is 11.1. The number of nitrogens with zero attached hydrogens (tertiary/aromatic N) is 2. The molecule has 1 aliphatic heterocycles. The van der Waals surface area contributed by atoms with Crippen LogP contribution in [0.2, 0.25) is 5.15 Å². The first-order valence-corrected chi connectivity index (χ1v) is 6.89. The van der Waals surface area contributed by atoms with Gasteiger partial charge in [-0.1, -0.05) is 24.9 Å². The molecule has 1 fully saturated rings. The van der Waals surface area contributed by atoms with E-state index in [1.54, 1.807) is 0 Å². The van der Waals surface area contributed by atoms with Crippen LogP contribution in [0.1, 0.15) is 31.7 Å². The Morgan fingerprint density at radius 3 is 2.89 bits per heavy atom. The molecule has 5 heteroatoms. The molecule has 18 heavy (non-hydrogen) atoms. The Kier molecular flexibility index (Phi) is 5.20. The van der Waals surface area contributed by atoms with Crippen molar-refractivity contribution in [3.05, 3.63) is 17.0 Å². The second-order valence-electron chi connectivity index (χ2n) is 4.56. The van der Waals surface area contributed by atoms with E-state index in [-0.39, 0.29) is 0 Å². The second-order valence-corrected chi connectivity index (χ2v) is 4.92. The number of aromatic nitrogens is 2. The van der Waals surface area contributed by atoms with Crippen LogP contribution < -0.4 is 4.74 Å². The fraction of sp³-hybridized carbons (Fsp3) is 0.692. The molecular weight excluding hydrogens is 252 g/mol. The predicted octanol–water partition coefficient (Wildman–Crippen LogP) is 2.89. The van der Waals surface area contributed by atoms with E-state index in [9.17, 15) is 0 Å². The van der Waals surface area contributed by atoms with Crippen LogP contribution in [0.4, 0.5) is 0 Å². The second kappa shape index (κ2) is 6.90. The summed E-state index contributed by atoms with van der Waals surface area (Å²) in [6.45, 7) is 4.46. The summed E-state index contributed by atoms with van der Waals surface area (Å²) in [5.74, 6) is 1.20. The lowest BCUT2D eigenvalue weighted by Gasteiger charge is -2.22. The largest absolute Gasteiger partial charge is 0.477 e. The first-order chi connectivity index (χ1) is 8.81. The molecule has 100 valence electrons. The topological polar surface area (TPSA) is 44.2 Å². The van der Waals surface area contributed by atoms with Crippen LogP contribution in [-0.4, -0.2) is 29.8 Å². The van der Waals surface area contributed by atoms with Gasteiger partial charge in [0.25, 0.3) is 0 Å². The van der Waals surface area contributed by atoms with Gasteiger partial charge in [-0.25, -0.2) is 9.97 Å². The normalized spacial score (nSPS) is 16.8. The maximum absolute atomic E-state index is 6.08. The average Bonchev–Trinajstić information content (AvgIpc) is 2.41. The van der Waals surface area contributed by atoms with E-state index in [1.807, 2.05) is 0 Å². The molecule has 0 amide bonds. The predicted molar refractivity (Wildman–Crippen MR) is 70.1 cm³/mol. The lowest BCUT2D eigenvalue weighted by molar-refractivity contribution is 0.0488. The van der Waals surface area contributed by atoms with E-state index in [4.69, 9.17) is 21.1 Å². The Morgan fingerprint density at radius 1 is 1.39 bits per heavy atom. The van der Waals surface area contributed by atoms with Crippen LogP contribution in [0, 0.1) is 5.92 Å². The van der Waals surface area contributed by atoms with E-state index in [2.05, 4.69) is 16.9 Å². The molecule has 1 aliphatic rings. The molecule has 0 spiro atoms. The summed E-state index contributed by atoms with van der Waals surface area (Å²) in [4.78, 5) is 8.20. The maximum Gasteiger partial charge on any atom is 0.221 e. The van der Waals surface area contributed by atoms with E-state index in [0.29, 0.717) is 23.6 Å². The van der Waals surface area contributed by atoms with E-state index in [1.165, 1.54) is 6.33 Å². The summed E-state index contributed by atoms with van der Waals surface area (Å²) in [5.41, 5.74) is 0.925. The highest BCUT2D eigenvalue weighted by Crippen LogP contribution is 2.24. The quantitative estimate of drug-likeness (QED) is 0.772. The highest BCUT2D eigenvalue weighted by Gasteiger charge is 2.16. The lowest BCUT2D eigenvalue weighted by atomic mass is 10.0. The Morgan fingerprint density at radius 2 is 2.17 bits per heavy atom. The Balaban J connectivity index is 1.97. The van der Waals surface area contributed by atoms with Crippen molar-refractivity contribution in [3.63, 3.8) is 0 Å². The minimum absolute atomic E-state index is 0.508. The van der Waals surface area contributed by atoms with Crippen LogP contribution >= 0.6 is 11.6 Å². The van der Waals surface area contributed by atoms with Gasteiger partial charge in [0, 0.05) is 13.2 Å². The molecule has 2 rings (SSSR count). The molecule has 1 saturated heterocycles. The van der Waals surface area contributed by atoms with Gasteiger partial charge in [-0.05, 0) is 25.2 Å². The molecule has 0 aromatic carbocycles. The fourth-order valence-corrected chi connectivity index (χ4v) is 2.29. The van der Waals surface area contributed by atoms with Crippen molar-refractivity contribution in [2.24, 2.45) is 5.92 Å². The Hall–Kier alpha value is -0.870. The molecule has 2 heterocycles. The molecule has 0 bridgehead atoms. The van der Waals surface area contributed by atoms with Crippen LogP contribution in [-0.2, 0) is 11.2 Å². The van der Waals surface area contributed by atoms with Gasteiger partial charge in [0.1, 0.15) is 11.5 Å². The van der Waals surface area contributed by atoms with E-state index in [0.717, 1.165) is 44.5 Å². The van der Waals surface area contributed by atoms with Crippen molar-refractivity contribution in [1.29, 1.82) is 0 Å². The highest BCUT2D eigenvalue weighted by molar-refractivity contribution is 6.30. The molecule has 0 aliphatic carbocycles. The van der Waals surface area contributed by atoms with Crippen molar-refractivity contribution in [3.8, 4) is 5.88 Å². The minimum Gasteiger partial charge on any atom is -0.477 e. The molecule has 1 aromatic rings. The van der Waals surface area contributed by atoms with Crippen LogP contribution in [0.3, 0.4) is 0 Å². The average molecular weight is 271 g/mol. The number of hydrogen-bond donors (Lipinski definition) is 0. The number of halogens is 1. The molecule has 1 aromatic heterocycles. The van der Waals surface area contributed by atoms with Gasteiger partial charge in [0.15, 0.2) is 0 Å². The van der Waals surface area contributed by atoms with Gasteiger partial charge < -0.3 is 9.47 Å². The highest BCUT2D eigenvalue weighted by atomic mass is 35.5. The Bertz CT molecular complexity index is 381. The van der Waals surface area contributed by atoms with Crippen molar-refractivity contribution in [2.75, 3.05) is 19.8 Å². The molecule has 0 N–H and O–H groups in total. The maximum atomic E-state index is 6.08. The number of hydrogen-bond acceptors (Lipinski definition) is 4. The third-order valence-corrected chi connectivity index (χ3v) is 3.48. The summed E-state index contributed by atoms with van der Waals surface area (Å²) >= 11 is 6.08. The smallest absolute Gasteiger partial charge is 0.221 e. The standard InChI is InChI=1S/C13H19ClN2O2/c1-2-3-11-12(14)15-9-16-13(11)18-8-10-4-6-17-7-5-10/h9-10H,2-8H2,1H3. The SMILES string of the molecule is CCCc1c(Cl)ncnc1OCC1CCOCC1. The summed E-state index contributed by atoms with van der Waals surface area (Å²) in [5, 5.41) is 0.508. The molecule has 0 unspecified atom stereocenters. The zero-order valence-electron chi connectivity index (χ0n) is 10.7. The zero-order valence-corrected chi connectivity index (χ0v) is 11.4. The van der Waals surface area contributed by atoms with Crippen molar-refractivity contribution in [2.45, 2.75) is 32.6 Å². The first-order valence-electron chi connectivity index (χ1n) is 6.51. The van der Waals surface area contributed by atoms with Crippen LogP contribution in [0.15, 0.2) is 6.33 Å². The fourth-order valence-electron chi connectivity index (χ4n) is 2.07. The van der Waals surface area contributed by atoms with Gasteiger partial charge in [-0.15, -0.1) is 0 Å². The van der Waals surface area contributed by atoms with E-state index < -0.39 is 0 Å². The zero-order chi connectivity index (χ0) is 12.8. The third kappa shape index (κ3) is 3.56. The number of rotatable bonds is 5. The van der Waals surface area contributed by atoms with Gasteiger partial charge in [-0.2, -0.15) is 0 Å². The van der Waals surface area contributed by atoms with Crippen molar-refractivity contribution in [1.82, 2.24) is 9.97 Å². The summed E-state index contributed by atoms with van der Waals surface area (Å²) in [7, 11) is 0. The molecule has 4 nitrogen and oxygen atoms in total. The van der Waals surface area contributed by atoms with Crippen molar-refractivity contribution >= 4 is 11.6 Å². The monoisotopic (exact) mass is 270 g/mol. The summed E-state index contributed by atoms with van der Waals surface area (Å²) in [6, 6.07) is 0. The first kappa shape index (κ1) is 13.6. The van der Waals surface area contributed by atoms with Gasteiger partial charge >= 0.3 is 0 Å². The van der Waals surface area contributed by atoms with Crippen LogP contribution in [0.25, 0.3) is 0 Å². The number of ether oxygens (including phenoxy) is 2. The summed E-state index contributed by atoms with van der Waals surface area (Å²) in [6.07, 6.45) is 5.42.